The Hall–Kier alpha value is -2.38. The van der Waals surface area contributed by atoms with Crippen molar-refractivity contribution in [3.05, 3.63) is 18.0 Å². The second-order valence-corrected chi connectivity index (χ2v) is 6.90. The zero-order valence-electron chi connectivity index (χ0n) is 14.5. The number of likely N-dealkylation sites (tertiary alicyclic amines) is 1. The lowest BCUT2D eigenvalue weighted by Gasteiger charge is -2.32. The molecule has 0 spiro atoms. The second-order valence-electron chi connectivity index (χ2n) is 6.90. The minimum absolute atomic E-state index is 0.0799. The highest BCUT2D eigenvalue weighted by atomic mass is 16.5. The highest BCUT2D eigenvalue weighted by molar-refractivity contribution is 5.74. The molecule has 0 aromatic carbocycles. The minimum atomic E-state index is 0.0799. The number of rotatable bonds is 3. The third kappa shape index (κ3) is 3.25. The van der Waals surface area contributed by atoms with Crippen LogP contribution in [0, 0.1) is 0 Å². The molecular formula is C17H24N6O2. The van der Waals surface area contributed by atoms with Gasteiger partial charge in [-0.05, 0) is 31.7 Å². The Bertz CT molecular complexity index is 747. The van der Waals surface area contributed by atoms with Crippen molar-refractivity contribution in [1.82, 2.24) is 30.0 Å². The van der Waals surface area contributed by atoms with E-state index in [1.165, 1.54) is 12.8 Å². The maximum Gasteiger partial charge on any atom is 0.317 e. The highest BCUT2D eigenvalue weighted by Crippen LogP contribution is 2.27. The zero-order valence-corrected chi connectivity index (χ0v) is 14.5. The van der Waals surface area contributed by atoms with Crippen molar-refractivity contribution in [2.75, 3.05) is 20.2 Å². The lowest BCUT2D eigenvalue weighted by atomic mass is 9.96. The van der Waals surface area contributed by atoms with E-state index in [4.69, 9.17) is 4.74 Å². The lowest BCUT2D eigenvalue weighted by molar-refractivity contribution is 0.176. The molecule has 2 aromatic rings. The van der Waals surface area contributed by atoms with Crippen LogP contribution in [0.1, 0.15) is 50.3 Å². The molecule has 134 valence electrons. The van der Waals surface area contributed by atoms with Crippen LogP contribution < -0.4 is 10.1 Å². The van der Waals surface area contributed by atoms with Gasteiger partial charge < -0.3 is 15.0 Å². The first-order valence-electron chi connectivity index (χ1n) is 9.06. The minimum Gasteiger partial charge on any atom is -0.480 e. The van der Waals surface area contributed by atoms with Crippen molar-refractivity contribution < 1.29 is 9.53 Å². The Balaban J connectivity index is 1.40. The van der Waals surface area contributed by atoms with Crippen LogP contribution in [0.15, 0.2) is 12.1 Å². The molecule has 1 N–H and O–H groups in total. The predicted octanol–water partition coefficient (Wildman–Crippen LogP) is 1.96. The van der Waals surface area contributed by atoms with E-state index in [9.17, 15) is 4.79 Å². The summed E-state index contributed by atoms with van der Waals surface area (Å²) in [7, 11) is 1.60. The molecule has 8 heteroatoms. The van der Waals surface area contributed by atoms with Gasteiger partial charge in [-0.2, -0.15) is 4.52 Å². The molecule has 0 bridgehead atoms. The van der Waals surface area contributed by atoms with Crippen LogP contribution in [0.3, 0.4) is 0 Å². The van der Waals surface area contributed by atoms with Crippen molar-refractivity contribution in [2.45, 2.75) is 50.5 Å². The average Bonchev–Trinajstić information content (AvgIpc) is 3.30. The van der Waals surface area contributed by atoms with E-state index in [2.05, 4.69) is 20.6 Å². The number of urea groups is 1. The first kappa shape index (κ1) is 16.1. The largest absolute Gasteiger partial charge is 0.480 e. The van der Waals surface area contributed by atoms with Crippen molar-refractivity contribution in [3.8, 4) is 5.88 Å². The lowest BCUT2D eigenvalue weighted by Crippen LogP contribution is -2.47. The molecular weight excluding hydrogens is 320 g/mol. The predicted molar refractivity (Wildman–Crippen MR) is 91.7 cm³/mol. The third-order valence-electron chi connectivity index (χ3n) is 5.30. The Morgan fingerprint density at radius 1 is 1.16 bits per heavy atom. The summed E-state index contributed by atoms with van der Waals surface area (Å²) in [6.07, 6.45) is 6.42. The van der Waals surface area contributed by atoms with Crippen molar-refractivity contribution in [1.29, 1.82) is 0 Å². The molecule has 3 heterocycles. The quantitative estimate of drug-likeness (QED) is 0.920. The summed E-state index contributed by atoms with van der Waals surface area (Å²) >= 11 is 0. The van der Waals surface area contributed by atoms with E-state index in [-0.39, 0.29) is 11.9 Å². The molecule has 2 amide bonds. The average molecular weight is 344 g/mol. The normalized spacial score (nSPS) is 19.5. The SMILES string of the molecule is COc1ccc2nnc(C3CCN(C(=O)NC4CCCC4)CC3)n2n1. The van der Waals surface area contributed by atoms with E-state index >= 15 is 0 Å². The van der Waals surface area contributed by atoms with Gasteiger partial charge in [-0.25, -0.2) is 4.79 Å². The molecule has 1 saturated heterocycles. The molecule has 0 atom stereocenters. The summed E-state index contributed by atoms with van der Waals surface area (Å²) in [6.45, 7) is 1.48. The van der Waals surface area contributed by atoms with Gasteiger partial charge in [0.1, 0.15) is 0 Å². The van der Waals surface area contributed by atoms with Crippen LogP contribution in [-0.4, -0.2) is 57.0 Å². The molecule has 25 heavy (non-hydrogen) atoms. The van der Waals surface area contributed by atoms with Crippen LogP contribution >= 0.6 is 0 Å². The third-order valence-corrected chi connectivity index (χ3v) is 5.30. The summed E-state index contributed by atoms with van der Waals surface area (Å²) in [5.41, 5.74) is 0.720. The number of carbonyl (C=O) groups excluding carboxylic acids is 1. The fourth-order valence-electron chi connectivity index (χ4n) is 3.83. The Morgan fingerprint density at radius 3 is 2.64 bits per heavy atom. The monoisotopic (exact) mass is 344 g/mol. The van der Waals surface area contributed by atoms with Gasteiger partial charge in [0.25, 0.3) is 0 Å². The molecule has 0 unspecified atom stereocenters. The van der Waals surface area contributed by atoms with Gasteiger partial charge in [0.15, 0.2) is 11.5 Å². The van der Waals surface area contributed by atoms with Gasteiger partial charge in [-0.15, -0.1) is 15.3 Å². The molecule has 1 saturated carbocycles. The number of hydrogen-bond acceptors (Lipinski definition) is 5. The zero-order chi connectivity index (χ0) is 17.2. The first-order valence-corrected chi connectivity index (χ1v) is 9.06. The van der Waals surface area contributed by atoms with E-state index in [0.717, 1.165) is 50.2 Å². The topological polar surface area (TPSA) is 84.7 Å². The number of nitrogens with zero attached hydrogens (tertiary/aromatic N) is 5. The van der Waals surface area contributed by atoms with E-state index < -0.39 is 0 Å². The maximum atomic E-state index is 12.4. The number of nitrogens with one attached hydrogen (secondary N) is 1. The number of carbonyl (C=O) groups is 1. The van der Waals surface area contributed by atoms with Gasteiger partial charge in [0, 0.05) is 31.1 Å². The molecule has 4 rings (SSSR count). The van der Waals surface area contributed by atoms with Crippen LogP contribution in [0.2, 0.25) is 0 Å². The molecule has 2 fully saturated rings. The number of ether oxygens (including phenoxy) is 1. The molecule has 8 nitrogen and oxygen atoms in total. The van der Waals surface area contributed by atoms with Crippen LogP contribution in [0.5, 0.6) is 5.88 Å². The Morgan fingerprint density at radius 2 is 1.92 bits per heavy atom. The molecule has 0 radical (unpaired) electrons. The van der Waals surface area contributed by atoms with Crippen LogP contribution in [0.4, 0.5) is 4.79 Å². The number of hydrogen-bond donors (Lipinski definition) is 1. The number of aromatic nitrogens is 4. The molecule has 2 aromatic heterocycles. The molecule has 1 aliphatic heterocycles. The van der Waals surface area contributed by atoms with Crippen LogP contribution in [0.25, 0.3) is 5.65 Å². The van der Waals surface area contributed by atoms with Crippen molar-refractivity contribution in [2.24, 2.45) is 0 Å². The summed E-state index contributed by atoms with van der Waals surface area (Å²) in [4.78, 5) is 14.3. The van der Waals surface area contributed by atoms with Crippen molar-refractivity contribution in [3.63, 3.8) is 0 Å². The summed E-state index contributed by atoms with van der Waals surface area (Å²) in [5.74, 6) is 1.65. The highest BCUT2D eigenvalue weighted by Gasteiger charge is 2.28. The van der Waals surface area contributed by atoms with E-state index in [0.29, 0.717) is 11.9 Å². The van der Waals surface area contributed by atoms with Gasteiger partial charge in [-0.3, -0.25) is 0 Å². The number of piperidine rings is 1. The standard InChI is InChI=1S/C17H24N6O2/c1-25-15-7-6-14-19-20-16(23(14)21-15)12-8-10-22(11-9-12)17(24)18-13-4-2-3-5-13/h6-7,12-13H,2-5,8-11H2,1H3,(H,18,24). The summed E-state index contributed by atoms with van der Waals surface area (Å²) in [6, 6.07) is 4.08. The maximum absolute atomic E-state index is 12.4. The van der Waals surface area contributed by atoms with Crippen LogP contribution in [-0.2, 0) is 0 Å². The summed E-state index contributed by atoms with van der Waals surface area (Å²) in [5, 5.41) is 16.1. The van der Waals surface area contributed by atoms with E-state index in [1.807, 2.05) is 11.0 Å². The van der Waals surface area contributed by atoms with Gasteiger partial charge in [0.2, 0.25) is 5.88 Å². The number of methoxy groups -OCH3 is 1. The van der Waals surface area contributed by atoms with Gasteiger partial charge in [-0.1, -0.05) is 12.8 Å². The van der Waals surface area contributed by atoms with E-state index in [1.54, 1.807) is 17.7 Å². The first-order chi connectivity index (χ1) is 12.2. The Kier molecular flexibility index (Phi) is 4.42. The summed E-state index contributed by atoms with van der Waals surface area (Å²) < 4.78 is 6.96. The van der Waals surface area contributed by atoms with Gasteiger partial charge >= 0.3 is 6.03 Å². The van der Waals surface area contributed by atoms with Gasteiger partial charge in [0.05, 0.1) is 7.11 Å². The fourth-order valence-corrected chi connectivity index (χ4v) is 3.83. The smallest absolute Gasteiger partial charge is 0.317 e. The molecule has 1 aliphatic carbocycles. The second kappa shape index (κ2) is 6.85. The Labute approximate surface area is 146 Å². The number of amides is 2. The molecule has 2 aliphatic rings. The fraction of sp³-hybridized carbons (Fsp3) is 0.647. The number of fused-ring (bicyclic) bond motifs is 1. The van der Waals surface area contributed by atoms with Crippen molar-refractivity contribution >= 4 is 11.7 Å².